The minimum atomic E-state index is -0.462. The van der Waals surface area contributed by atoms with Gasteiger partial charge in [-0.2, -0.15) is 4.98 Å². The van der Waals surface area contributed by atoms with E-state index in [1.807, 2.05) is 18.2 Å². The maximum absolute atomic E-state index is 12.4. The third-order valence-corrected chi connectivity index (χ3v) is 5.44. The molecule has 3 heterocycles. The molecule has 2 N–H and O–H groups in total. The van der Waals surface area contributed by atoms with E-state index in [2.05, 4.69) is 51.9 Å². The van der Waals surface area contributed by atoms with Crippen LogP contribution in [0.2, 0.25) is 0 Å². The molecule has 0 bridgehead atoms. The lowest BCUT2D eigenvalue weighted by molar-refractivity contribution is 0.722. The predicted molar refractivity (Wildman–Crippen MR) is 110 cm³/mol. The van der Waals surface area contributed by atoms with Gasteiger partial charge in [-0.25, -0.2) is 4.79 Å². The van der Waals surface area contributed by atoms with Crippen LogP contribution in [-0.4, -0.2) is 30.0 Å². The average Bonchev–Trinajstić information content (AvgIpc) is 3.13. The van der Waals surface area contributed by atoms with Crippen molar-refractivity contribution in [3.8, 4) is 0 Å². The normalized spacial score (nSPS) is 11.6. The molecule has 0 saturated carbocycles. The molecule has 0 fully saturated rings. The third-order valence-electron chi connectivity index (χ3n) is 5.44. The molecular weight excluding hydrogens is 356 g/mol. The van der Waals surface area contributed by atoms with Gasteiger partial charge in [-0.15, -0.1) is 0 Å². The summed E-state index contributed by atoms with van der Waals surface area (Å²) in [7, 11) is 1.61. The maximum atomic E-state index is 12.4. The largest absolute Gasteiger partial charge is 0.383 e. The summed E-state index contributed by atoms with van der Waals surface area (Å²) >= 11 is 0. The number of hydrogen-bond acceptors (Lipinski definition) is 4. The molecule has 4 rings (SSSR count). The van der Waals surface area contributed by atoms with E-state index in [0.717, 1.165) is 17.1 Å². The number of H-pyrrole nitrogens is 1. The molecule has 0 atom stereocenters. The number of aromatic nitrogens is 5. The molecule has 0 aliphatic heterocycles. The van der Waals surface area contributed by atoms with Gasteiger partial charge in [0.1, 0.15) is 0 Å². The van der Waals surface area contributed by atoms with Crippen molar-refractivity contribution in [1.29, 1.82) is 0 Å². The first-order valence-corrected chi connectivity index (χ1v) is 9.28. The second-order valence-electron chi connectivity index (χ2n) is 7.31. The summed E-state index contributed by atoms with van der Waals surface area (Å²) in [5.41, 5.74) is 5.45. The number of benzene rings is 1. The van der Waals surface area contributed by atoms with Gasteiger partial charge in [-0.1, -0.05) is 17.7 Å². The number of nitrogens with zero attached hydrogens (tertiary/aromatic N) is 4. The first kappa shape index (κ1) is 18.1. The number of imidazole rings is 2. The van der Waals surface area contributed by atoms with E-state index in [9.17, 15) is 9.59 Å². The molecule has 0 aliphatic rings. The Morgan fingerprint density at radius 1 is 1.11 bits per heavy atom. The lowest BCUT2D eigenvalue weighted by atomic mass is 10.1. The van der Waals surface area contributed by atoms with Crippen molar-refractivity contribution in [3.63, 3.8) is 0 Å². The van der Waals surface area contributed by atoms with E-state index < -0.39 is 11.2 Å². The molecule has 0 unspecified atom stereocenters. The van der Waals surface area contributed by atoms with E-state index in [-0.39, 0.29) is 0 Å². The van der Waals surface area contributed by atoms with E-state index in [1.54, 1.807) is 7.05 Å². The zero-order valence-electron chi connectivity index (χ0n) is 16.8. The minimum absolute atomic E-state index is 0.392. The highest BCUT2D eigenvalue weighted by molar-refractivity contribution is 5.76. The number of aryl methyl sites for hydroxylation is 4. The third kappa shape index (κ3) is 2.64. The fraction of sp³-hybridized carbons (Fsp3) is 0.350. The predicted octanol–water partition coefficient (Wildman–Crippen LogP) is 2.02. The molecule has 1 aromatic carbocycles. The first-order chi connectivity index (χ1) is 13.3. The van der Waals surface area contributed by atoms with Gasteiger partial charge in [-0.3, -0.25) is 18.7 Å². The number of rotatable bonds is 4. The van der Waals surface area contributed by atoms with Crippen molar-refractivity contribution >= 4 is 22.6 Å². The fourth-order valence-electron chi connectivity index (χ4n) is 3.76. The van der Waals surface area contributed by atoms with E-state index in [4.69, 9.17) is 0 Å². The molecule has 3 aromatic heterocycles. The zero-order valence-corrected chi connectivity index (χ0v) is 16.8. The average molecular weight is 380 g/mol. The van der Waals surface area contributed by atoms with Crippen LogP contribution in [0, 0.1) is 27.7 Å². The van der Waals surface area contributed by atoms with Gasteiger partial charge < -0.3 is 9.88 Å². The van der Waals surface area contributed by atoms with Crippen LogP contribution in [-0.2, 0) is 13.6 Å². The second-order valence-corrected chi connectivity index (χ2v) is 7.31. The molecule has 0 spiro atoms. The summed E-state index contributed by atoms with van der Waals surface area (Å²) < 4.78 is 5.28. The summed E-state index contributed by atoms with van der Waals surface area (Å²) in [4.78, 5) is 31.3. The van der Waals surface area contributed by atoms with Crippen LogP contribution in [0.4, 0.5) is 5.69 Å². The van der Waals surface area contributed by atoms with Gasteiger partial charge in [0.15, 0.2) is 11.2 Å². The van der Waals surface area contributed by atoms with Gasteiger partial charge >= 0.3 is 5.69 Å². The molecule has 0 saturated heterocycles. The van der Waals surface area contributed by atoms with Gasteiger partial charge in [0, 0.05) is 37.2 Å². The van der Waals surface area contributed by atoms with Crippen LogP contribution in [0.5, 0.6) is 0 Å². The van der Waals surface area contributed by atoms with E-state index >= 15 is 0 Å². The molecule has 0 radical (unpaired) electrons. The Hall–Kier alpha value is -3.29. The molecular formula is C20H24N6O2. The van der Waals surface area contributed by atoms with Crippen molar-refractivity contribution in [2.45, 2.75) is 34.2 Å². The SMILES string of the molecule is Cc1ccc(NCCn2c(C)c(C)n3c4c(=O)[nH]c(=O)n(C)c4nc23)c(C)c1. The summed E-state index contributed by atoms with van der Waals surface area (Å²) in [5.74, 6) is 0.666. The standard InChI is InChI=1S/C20H24N6O2/c1-11-6-7-15(12(2)10-11)21-8-9-25-13(3)14(4)26-16-17(22-19(25)26)24(5)20(28)23-18(16)27/h6-7,10,21H,8-9H2,1-5H3,(H,23,27,28). The van der Waals surface area contributed by atoms with Gasteiger partial charge in [-0.05, 0) is 39.3 Å². The van der Waals surface area contributed by atoms with Crippen molar-refractivity contribution in [2.24, 2.45) is 7.05 Å². The first-order valence-electron chi connectivity index (χ1n) is 9.28. The number of fused-ring (bicyclic) bond motifs is 3. The fourth-order valence-corrected chi connectivity index (χ4v) is 3.76. The Balaban J connectivity index is 1.75. The summed E-state index contributed by atoms with van der Waals surface area (Å²) in [5, 5.41) is 3.47. The summed E-state index contributed by atoms with van der Waals surface area (Å²) in [6.45, 7) is 9.55. The molecule has 8 heteroatoms. The van der Waals surface area contributed by atoms with Crippen LogP contribution in [0.3, 0.4) is 0 Å². The minimum Gasteiger partial charge on any atom is -0.383 e. The topological polar surface area (TPSA) is 89.1 Å². The Kier molecular flexibility index (Phi) is 4.14. The van der Waals surface area contributed by atoms with Crippen molar-refractivity contribution in [1.82, 2.24) is 23.5 Å². The van der Waals surface area contributed by atoms with Crippen molar-refractivity contribution in [3.05, 3.63) is 61.6 Å². The number of aromatic amines is 1. The second kappa shape index (κ2) is 6.40. The molecule has 4 aromatic rings. The van der Waals surface area contributed by atoms with Crippen LogP contribution in [0.1, 0.15) is 22.5 Å². The smallest absolute Gasteiger partial charge is 0.329 e. The molecule has 8 nitrogen and oxygen atoms in total. The summed E-state index contributed by atoms with van der Waals surface area (Å²) in [6, 6.07) is 6.33. The number of hydrogen-bond donors (Lipinski definition) is 2. The van der Waals surface area contributed by atoms with Crippen LogP contribution >= 0.6 is 0 Å². The quantitative estimate of drug-likeness (QED) is 0.567. The molecule has 0 aliphatic carbocycles. The zero-order chi connectivity index (χ0) is 20.2. The van der Waals surface area contributed by atoms with Crippen molar-refractivity contribution < 1.29 is 0 Å². The van der Waals surface area contributed by atoms with Gasteiger partial charge in [0.2, 0.25) is 5.78 Å². The van der Waals surface area contributed by atoms with Crippen LogP contribution in [0.25, 0.3) is 16.9 Å². The van der Waals surface area contributed by atoms with Crippen molar-refractivity contribution in [2.75, 3.05) is 11.9 Å². The monoisotopic (exact) mass is 380 g/mol. The Morgan fingerprint density at radius 2 is 1.86 bits per heavy atom. The maximum Gasteiger partial charge on any atom is 0.329 e. The van der Waals surface area contributed by atoms with Crippen LogP contribution in [0.15, 0.2) is 27.8 Å². The number of anilines is 1. The molecule has 0 amide bonds. The van der Waals surface area contributed by atoms with E-state index in [0.29, 0.717) is 30.0 Å². The highest BCUT2D eigenvalue weighted by Gasteiger charge is 2.20. The molecule has 146 valence electrons. The molecule has 28 heavy (non-hydrogen) atoms. The highest BCUT2D eigenvalue weighted by atomic mass is 16.2. The lowest BCUT2D eigenvalue weighted by Crippen LogP contribution is -2.28. The lowest BCUT2D eigenvalue weighted by Gasteiger charge is -2.12. The van der Waals surface area contributed by atoms with E-state index in [1.165, 1.54) is 15.7 Å². The Labute approximate surface area is 161 Å². The number of nitrogens with one attached hydrogen (secondary N) is 2. The van der Waals surface area contributed by atoms with Crippen LogP contribution < -0.4 is 16.6 Å². The highest BCUT2D eigenvalue weighted by Crippen LogP contribution is 2.21. The Bertz CT molecular complexity index is 1340. The Morgan fingerprint density at radius 3 is 2.57 bits per heavy atom. The van der Waals surface area contributed by atoms with Gasteiger partial charge in [0.25, 0.3) is 5.56 Å². The summed E-state index contributed by atoms with van der Waals surface area (Å²) in [6.07, 6.45) is 0. The van der Waals surface area contributed by atoms with Gasteiger partial charge in [0.05, 0.1) is 0 Å².